The molecule has 0 N–H and O–H groups in total. The van der Waals surface area contributed by atoms with Crippen LogP contribution < -0.4 is 0 Å². The van der Waals surface area contributed by atoms with Gasteiger partial charge in [-0.25, -0.2) is 0 Å². The molecule has 3 heteroatoms. The Labute approximate surface area is 123 Å². The number of hydrogen-bond acceptors (Lipinski definition) is 2. The summed E-state index contributed by atoms with van der Waals surface area (Å²) in [6.45, 7) is 7.87. The molecule has 0 heterocycles. The van der Waals surface area contributed by atoms with Crippen molar-refractivity contribution in [3.8, 4) is 0 Å². The summed E-state index contributed by atoms with van der Waals surface area (Å²) in [5, 5.41) is 0. The Morgan fingerprint density at radius 3 is 1.89 bits per heavy atom. The zero-order valence-electron chi connectivity index (χ0n) is 13.6. The van der Waals surface area contributed by atoms with Crippen molar-refractivity contribution in [1.82, 2.24) is 0 Å². The van der Waals surface area contributed by atoms with Crippen LogP contribution in [0.3, 0.4) is 0 Å². The molecule has 0 fully saturated rings. The number of hydrogen-bond donors (Lipinski definition) is 0. The Kier molecular flexibility index (Phi) is 16.3. The molecule has 0 radical (unpaired) electrons. The van der Waals surface area contributed by atoms with Crippen LogP contribution in [0.15, 0.2) is 0 Å². The normalized spacial score (nSPS) is 12.8. The topological polar surface area (TPSA) is 18.5 Å². The molecule has 0 saturated carbocycles. The van der Waals surface area contributed by atoms with Crippen molar-refractivity contribution in [2.24, 2.45) is 0 Å². The summed E-state index contributed by atoms with van der Waals surface area (Å²) in [5.41, 5.74) is 0. The van der Waals surface area contributed by atoms with Crippen LogP contribution in [0.2, 0.25) is 12.1 Å². The Hall–Kier alpha value is 0.137. The summed E-state index contributed by atoms with van der Waals surface area (Å²) in [4.78, 5) is 0. The minimum atomic E-state index is -0.960. The molecule has 0 aromatic heterocycles. The van der Waals surface area contributed by atoms with Crippen LogP contribution in [0.5, 0.6) is 0 Å². The minimum Gasteiger partial charge on any atom is -0.398 e. The Balaban J connectivity index is 3.36. The molecule has 0 aliphatic heterocycles. The molecule has 0 spiro atoms. The summed E-state index contributed by atoms with van der Waals surface area (Å²) in [5.74, 6) is 0. The van der Waals surface area contributed by atoms with Gasteiger partial charge in [-0.2, -0.15) is 0 Å². The zero-order valence-corrected chi connectivity index (χ0v) is 14.7. The lowest BCUT2D eigenvalue weighted by Gasteiger charge is -2.15. The third-order valence-electron chi connectivity index (χ3n) is 3.58. The zero-order chi connectivity index (χ0) is 14.2. The van der Waals surface area contributed by atoms with Gasteiger partial charge in [-0.1, -0.05) is 71.6 Å². The first-order chi connectivity index (χ1) is 9.35. The van der Waals surface area contributed by atoms with Crippen LogP contribution in [0, 0.1) is 0 Å². The summed E-state index contributed by atoms with van der Waals surface area (Å²) in [6, 6.07) is 2.65. The molecule has 0 aromatic carbocycles. The first-order valence-corrected chi connectivity index (χ1v) is 10.6. The van der Waals surface area contributed by atoms with Crippen molar-refractivity contribution in [3.63, 3.8) is 0 Å². The maximum atomic E-state index is 5.90. The van der Waals surface area contributed by atoms with Gasteiger partial charge in [0.1, 0.15) is 6.79 Å². The third-order valence-corrected chi connectivity index (χ3v) is 6.46. The molecule has 0 aliphatic rings. The second kappa shape index (κ2) is 16.2. The SMILES string of the molecule is CCCCCCCCCC[SiH](CCC)OCOCC. The van der Waals surface area contributed by atoms with Crippen LogP contribution >= 0.6 is 0 Å². The van der Waals surface area contributed by atoms with Crippen molar-refractivity contribution in [3.05, 3.63) is 0 Å². The molecule has 0 amide bonds. The van der Waals surface area contributed by atoms with Crippen LogP contribution in [0.1, 0.15) is 78.6 Å². The van der Waals surface area contributed by atoms with Crippen LogP contribution in [-0.4, -0.2) is 22.4 Å². The predicted octanol–water partition coefficient (Wildman–Crippen LogP) is 5.27. The highest BCUT2D eigenvalue weighted by atomic mass is 28.3. The highest BCUT2D eigenvalue weighted by Crippen LogP contribution is 2.13. The molecule has 19 heavy (non-hydrogen) atoms. The minimum absolute atomic E-state index is 0.532. The van der Waals surface area contributed by atoms with E-state index in [1.807, 2.05) is 6.92 Å². The van der Waals surface area contributed by atoms with Gasteiger partial charge in [0.2, 0.25) is 0 Å². The van der Waals surface area contributed by atoms with Gasteiger partial charge in [0.05, 0.1) is 0 Å². The van der Waals surface area contributed by atoms with E-state index in [4.69, 9.17) is 9.16 Å². The molecule has 1 unspecified atom stereocenters. The van der Waals surface area contributed by atoms with E-state index in [-0.39, 0.29) is 0 Å². The molecule has 0 bridgehead atoms. The van der Waals surface area contributed by atoms with Gasteiger partial charge in [0.25, 0.3) is 0 Å². The molecule has 0 aliphatic carbocycles. The molecule has 1 atom stereocenters. The lowest BCUT2D eigenvalue weighted by molar-refractivity contribution is 0.0198. The monoisotopic (exact) mass is 288 g/mol. The fourth-order valence-electron chi connectivity index (χ4n) is 2.37. The highest BCUT2D eigenvalue weighted by molar-refractivity contribution is 6.51. The molecule has 0 aromatic rings. The van der Waals surface area contributed by atoms with E-state index in [0.717, 1.165) is 6.61 Å². The van der Waals surface area contributed by atoms with Crippen molar-refractivity contribution < 1.29 is 9.16 Å². The van der Waals surface area contributed by atoms with E-state index in [1.165, 1.54) is 69.9 Å². The van der Waals surface area contributed by atoms with Gasteiger partial charge >= 0.3 is 0 Å². The summed E-state index contributed by atoms with van der Waals surface area (Å²) in [6.07, 6.45) is 12.5. The molecular formula is C16H36O2Si. The van der Waals surface area contributed by atoms with Gasteiger partial charge in [0, 0.05) is 6.61 Å². The van der Waals surface area contributed by atoms with Gasteiger partial charge in [-0.3, -0.25) is 0 Å². The lowest BCUT2D eigenvalue weighted by Crippen LogP contribution is -2.19. The van der Waals surface area contributed by atoms with E-state index in [1.54, 1.807) is 0 Å². The largest absolute Gasteiger partial charge is 0.398 e. The van der Waals surface area contributed by atoms with E-state index in [0.29, 0.717) is 6.79 Å². The fourth-order valence-corrected chi connectivity index (χ4v) is 4.67. The van der Waals surface area contributed by atoms with Crippen LogP contribution in [0.4, 0.5) is 0 Å². The van der Waals surface area contributed by atoms with E-state index >= 15 is 0 Å². The Morgan fingerprint density at radius 1 is 0.684 bits per heavy atom. The van der Waals surface area contributed by atoms with Crippen molar-refractivity contribution in [1.29, 1.82) is 0 Å². The van der Waals surface area contributed by atoms with Crippen molar-refractivity contribution in [2.45, 2.75) is 90.6 Å². The molecule has 0 saturated heterocycles. The maximum absolute atomic E-state index is 5.90. The van der Waals surface area contributed by atoms with Gasteiger partial charge in [-0.05, 0) is 19.0 Å². The predicted molar refractivity (Wildman–Crippen MR) is 87.2 cm³/mol. The standard InChI is InChI=1S/C16H36O2Si/c1-4-7-8-9-10-11-12-13-15-19(14-5-2)18-16-17-6-3/h19H,4-16H2,1-3H3. The second-order valence-corrected chi connectivity index (χ2v) is 8.18. The molecule has 116 valence electrons. The van der Waals surface area contributed by atoms with E-state index < -0.39 is 9.04 Å². The van der Waals surface area contributed by atoms with Crippen LogP contribution in [-0.2, 0) is 9.16 Å². The molecule has 0 rings (SSSR count). The number of rotatable bonds is 15. The Morgan fingerprint density at radius 2 is 1.32 bits per heavy atom. The Bertz CT molecular complexity index is 165. The van der Waals surface area contributed by atoms with E-state index in [2.05, 4.69) is 13.8 Å². The number of ether oxygens (including phenoxy) is 1. The quantitative estimate of drug-likeness (QED) is 0.232. The summed E-state index contributed by atoms with van der Waals surface area (Å²) in [7, 11) is -0.960. The van der Waals surface area contributed by atoms with Crippen LogP contribution in [0.25, 0.3) is 0 Å². The smallest absolute Gasteiger partial charge is 0.180 e. The third kappa shape index (κ3) is 14.4. The summed E-state index contributed by atoms with van der Waals surface area (Å²) >= 11 is 0. The van der Waals surface area contributed by atoms with Gasteiger partial charge < -0.3 is 9.16 Å². The molecule has 2 nitrogen and oxygen atoms in total. The number of unbranched alkanes of at least 4 members (excludes halogenated alkanes) is 7. The van der Waals surface area contributed by atoms with Gasteiger partial charge in [0.15, 0.2) is 9.04 Å². The fraction of sp³-hybridized carbons (Fsp3) is 1.00. The average molecular weight is 289 g/mol. The van der Waals surface area contributed by atoms with E-state index in [9.17, 15) is 0 Å². The average Bonchev–Trinajstić information content (AvgIpc) is 2.42. The van der Waals surface area contributed by atoms with Gasteiger partial charge in [-0.15, -0.1) is 0 Å². The second-order valence-electron chi connectivity index (χ2n) is 5.45. The first-order valence-electron chi connectivity index (χ1n) is 8.54. The first kappa shape index (κ1) is 19.1. The summed E-state index contributed by atoms with van der Waals surface area (Å²) < 4.78 is 11.2. The maximum Gasteiger partial charge on any atom is 0.180 e. The lowest BCUT2D eigenvalue weighted by atomic mass is 10.1. The molecular weight excluding hydrogens is 252 g/mol. The van der Waals surface area contributed by atoms with Crippen molar-refractivity contribution >= 4 is 9.04 Å². The van der Waals surface area contributed by atoms with Crippen molar-refractivity contribution in [2.75, 3.05) is 13.4 Å². The highest BCUT2D eigenvalue weighted by Gasteiger charge is 2.10.